The first-order valence-electron chi connectivity index (χ1n) is 12.1. The molecule has 7 unspecified atom stereocenters. The van der Waals surface area contributed by atoms with Crippen LogP contribution >= 0.6 is 0 Å². The van der Waals surface area contributed by atoms with Crippen molar-refractivity contribution in [3.8, 4) is 0 Å². The van der Waals surface area contributed by atoms with Gasteiger partial charge in [0.15, 0.2) is 5.78 Å². The number of hydrogen-bond acceptors (Lipinski definition) is 3. The molecule has 30 heavy (non-hydrogen) atoms. The van der Waals surface area contributed by atoms with E-state index in [-0.39, 0.29) is 34.7 Å². The largest absolute Gasteiger partial charge is 0.393 e. The van der Waals surface area contributed by atoms with E-state index in [9.17, 15) is 9.90 Å². The highest BCUT2D eigenvalue weighted by molar-refractivity contribution is 6.01. The third-order valence-electron chi connectivity index (χ3n) is 8.65. The summed E-state index contributed by atoms with van der Waals surface area (Å²) in [7, 11) is 1.81. The standard InChI is InChI=1S/C20H28O3.C7H14/c1-19-9-8-13(21)10-12(19)4-5-14-15-6-7-17(23-3)20(15,2)11-16(22)18(14)19;1-3-5-7-6-4-2/h8-10,14-18,22H,4-7,11H2,1-3H3;3,5H,4,6-7H2,1-2H3/b;5-3-. The second-order valence-corrected chi connectivity index (χ2v) is 10.3. The zero-order valence-electron chi connectivity index (χ0n) is 19.7. The van der Waals surface area contributed by atoms with E-state index in [1.165, 1.54) is 31.3 Å². The fourth-order valence-corrected chi connectivity index (χ4v) is 7.16. The predicted octanol–water partition coefficient (Wildman–Crippen LogP) is 6.03. The Kier molecular flexibility index (Phi) is 7.45. The van der Waals surface area contributed by atoms with E-state index in [1.54, 1.807) is 6.08 Å². The maximum absolute atomic E-state index is 11.8. The van der Waals surface area contributed by atoms with E-state index < -0.39 is 0 Å². The predicted molar refractivity (Wildman–Crippen MR) is 123 cm³/mol. The molecule has 3 heteroatoms. The Hall–Kier alpha value is -1.19. The van der Waals surface area contributed by atoms with Crippen molar-refractivity contribution in [2.45, 2.75) is 91.3 Å². The molecular weight excluding hydrogens is 372 g/mol. The Bertz CT molecular complexity index is 705. The molecule has 0 aromatic heterocycles. The minimum Gasteiger partial charge on any atom is -0.393 e. The number of allylic oxidation sites excluding steroid dienone is 6. The van der Waals surface area contributed by atoms with Gasteiger partial charge in [0.25, 0.3) is 0 Å². The van der Waals surface area contributed by atoms with Gasteiger partial charge in [-0.25, -0.2) is 0 Å². The normalized spacial score (nSPS) is 42.1. The fourth-order valence-electron chi connectivity index (χ4n) is 7.16. The number of rotatable bonds is 4. The molecule has 0 aliphatic heterocycles. The average Bonchev–Trinajstić information content (AvgIpc) is 3.05. The van der Waals surface area contributed by atoms with Crippen LogP contribution in [0.1, 0.15) is 79.1 Å². The molecular formula is C27H42O3. The molecule has 0 bridgehead atoms. The topological polar surface area (TPSA) is 46.5 Å². The Labute approximate surface area is 183 Å². The van der Waals surface area contributed by atoms with Gasteiger partial charge in [0.1, 0.15) is 0 Å². The number of unbranched alkanes of at least 4 members (excludes halogenated alkanes) is 2. The Morgan fingerprint density at radius 2 is 2.03 bits per heavy atom. The highest BCUT2D eigenvalue weighted by Crippen LogP contribution is 2.64. The average molecular weight is 415 g/mol. The highest BCUT2D eigenvalue weighted by atomic mass is 16.5. The number of hydrogen-bond donors (Lipinski definition) is 1. The van der Waals surface area contributed by atoms with Crippen molar-refractivity contribution in [3.63, 3.8) is 0 Å². The van der Waals surface area contributed by atoms with Crippen LogP contribution in [0.3, 0.4) is 0 Å². The lowest BCUT2D eigenvalue weighted by Crippen LogP contribution is -2.56. The van der Waals surface area contributed by atoms with Gasteiger partial charge in [-0.1, -0.05) is 57.4 Å². The molecule has 168 valence electrons. The zero-order chi connectivity index (χ0) is 21.9. The van der Waals surface area contributed by atoms with Gasteiger partial charge in [0.05, 0.1) is 12.2 Å². The molecule has 1 N–H and O–H groups in total. The zero-order valence-corrected chi connectivity index (χ0v) is 19.7. The number of ether oxygens (including phenoxy) is 1. The smallest absolute Gasteiger partial charge is 0.178 e. The van der Waals surface area contributed by atoms with Gasteiger partial charge in [-0.15, -0.1) is 0 Å². The lowest BCUT2D eigenvalue weighted by atomic mass is 9.47. The van der Waals surface area contributed by atoms with E-state index in [4.69, 9.17) is 4.74 Å². The SMILES string of the molecule is C/C=C\CCCC.COC1CCC2C3CCC4=CC(=O)C=CC4(C)C3C(O)CC12C. The van der Waals surface area contributed by atoms with Crippen molar-refractivity contribution in [1.29, 1.82) is 0 Å². The van der Waals surface area contributed by atoms with E-state index in [0.29, 0.717) is 11.8 Å². The minimum absolute atomic E-state index is 0.0983. The third-order valence-corrected chi connectivity index (χ3v) is 8.65. The number of fused-ring (bicyclic) bond motifs is 5. The van der Waals surface area contributed by atoms with Crippen LogP contribution in [0.15, 0.2) is 36.0 Å². The quantitative estimate of drug-likeness (QED) is 0.451. The molecule has 0 radical (unpaired) electrons. The Morgan fingerprint density at radius 1 is 1.27 bits per heavy atom. The van der Waals surface area contributed by atoms with Crippen molar-refractivity contribution in [2.75, 3.05) is 7.11 Å². The summed E-state index contributed by atoms with van der Waals surface area (Å²) in [5, 5.41) is 11.1. The maximum Gasteiger partial charge on any atom is 0.178 e. The first-order valence-corrected chi connectivity index (χ1v) is 12.1. The van der Waals surface area contributed by atoms with Gasteiger partial charge >= 0.3 is 0 Å². The Morgan fingerprint density at radius 3 is 2.70 bits per heavy atom. The van der Waals surface area contributed by atoms with E-state index in [2.05, 4.69) is 45.9 Å². The van der Waals surface area contributed by atoms with Gasteiger partial charge in [-0.05, 0) is 74.9 Å². The van der Waals surface area contributed by atoms with E-state index in [0.717, 1.165) is 25.7 Å². The van der Waals surface area contributed by atoms with Gasteiger partial charge in [0.2, 0.25) is 0 Å². The minimum atomic E-state index is -0.316. The van der Waals surface area contributed by atoms with Gasteiger partial charge in [0, 0.05) is 18.4 Å². The van der Waals surface area contributed by atoms with Gasteiger partial charge in [-0.3, -0.25) is 4.79 Å². The molecule has 7 atom stereocenters. The second kappa shape index (κ2) is 9.53. The molecule has 0 aromatic carbocycles. The summed E-state index contributed by atoms with van der Waals surface area (Å²) in [5.41, 5.74) is 1.18. The fraction of sp³-hybridized carbons (Fsp3) is 0.741. The summed E-state index contributed by atoms with van der Waals surface area (Å²) in [6.07, 6.45) is 19.0. The molecule has 4 aliphatic rings. The summed E-state index contributed by atoms with van der Waals surface area (Å²) in [6, 6.07) is 0. The summed E-state index contributed by atoms with van der Waals surface area (Å²) in [4.78, 5) is 11.8. The molecule has 4 rings (SSSR count). The highest BCUT2D eigenvalue weighted by Gasteiger charge is 2.61. The number of carbonyl (C=O) groups is 1. The van der Waals surface area contributed by atoms with Crippen LogP contribution in [0.25, 0.3) is 0 Å². The van der Waals surface area contributed by atoms with E-state index in [1.807, 2.05) is 13.2 Å². The summed E-state index contributed by atoms with van der Waals surface area (Å²) in [5.74, 6) is 1.50. The Balaban J connectivity index is 0.000000318. The number of methoxy groups -OCH3 is 1. The van der Waals surface area contributed by atoms with Crippen molar-refractivity contribution in [2.24, 2.45) is 28.6 Å². The molecule has 3 nitrogen and oxygen atoms in total. The summed E-state index contributed by atoms with van der Waals surface area (Å²) in [6.45, 7) is 8.83. The maximum atomic E-state index is 11.8. The van der Waals surface area contributed by atoms with Crippen LogP contribution in [0, 0.1) is 28.6 Å². The van der Waals surface area contributed by atoms with Crippen molar-refractivity contribution >= 4 is 5.78 Å². The van der Waals surface area contributed by atoms with Gasteiger partial charge < -0.3 is 9.84 Å². The number of aliphatic hydroxyl groups is 1. The van der Waals surface area contributed by atoms with Crippen LogP contribution < -0.4 is 0 Å². The van der Waals surface area contributed by atoms with Crippen LogP contribution in [-0.4, -0.2) is 30.2 Å². The number of aliphatic hydroxyl groups excluding tert-OH is 1. The van der Waals surface area contributed by atoms with Crippen LogP contribution in [0.4, 0.5) is 0 Å². The molecule has 0 heterocycles. The molecule has 3 fully saturated rings. The van der Waals surface area contributed by atoms with Crippen molar-refractivity contribution in [3.05, 3.63) is 36.0 Å². The summed E-state index contributed by atoms with van der Waals surface area (Å²) >= 11 is 0. The van der Waals surface area contributed by atoms with Crippen molar-refractivity contribution < 1.29 is 14.6 Å². The lowest BCUT2D eigenvalue weighted by molar-refractivity contribution is -0.135. The monoisotopic (exact) mass is 414 g/mol. The molecule has 0 saturated heterocycles. The molecule has 0 spiro atoms. The van der Waals surface area contributed by atoms with E-state index >= 15 is 0 Å². The van der Waals surface area contributed by atoms with Crippen molar-refractivity contribution in [1.82, 2.24) is 0 Å². The first kappa shape index (κ1) is 23.5. The molecule has 0 aromatic rings. The second-order valence-electron chi connectivity index (χ2n) is 10.3. The number of carbonyl (C=O) groups excluding carboxylic acids is 1. The molecule has 0 amide bonds. The first-order chi connectivity index (χ1) is 14.3. The molecule has 3 saturated carbocycles. The molecule has 4 aliphatic carbocycles. The van der Waals surface area contributed by atoms with Crippen LogP contribution in [-0.2, 0) is 9.53 Å². The number of ketones is 1. The van der Waals surface area contributed by atoms with Crippen LogP contribution in [0.2, 0.25) is 0 Å². The third kappa shape index (κ3) is 4.12. The van der Waals surface area contributed by atoms with Crippen LogP contribution in [0.5, 0.6) is 0 Å². The van der Waals surface area contributed by atoms with Gasteiger partial charge in [-0.2, -0.15) is 0 Å². The lowest BCUT2D eigenvalue weighted by Gasteiger charge is -2.58. The summed E-state index contributed by atoms with van der Waals surface area (Å²) < 4.78 is 5.78.